The molecule has 0 saturated heterocycles. The van der Waals surface area contributed by atoms with Crippen LogP contribution in [0.3, 0.4) is 0 Å². The molecule has 2 rings (SSSR count). The number of hydrogen-bond donors (Lipinski definition) is 1. The Morgan fingerprint density at radius 3 is 2.40 bits per heavy atom. The Morgan fingerprint density at radius 2 is 1.80 bits per heavy atom. The zero-order valence-electron chi connectivity index (χ0n) is 9.06. The van der Waals surface area contributed by atoms with Crippen LogP contribution >= 0.6 is 12.6 Å². The van der Waals surface area contributed by atoms with Crippen LogP contribution in [0.25, 0.3) is 11.0 Å². The molecule has 80 valence electrons. The van der Waals surface area contributed by atoms with Crippen molar-refractivity contribution in [3.63, 3.8) is 0 Å². The number of hydrogen-bond acceptors (Lipinski definition) is 2. The summed E-state index contributed by atoms with van der Waals surface area (Å²) in [4.78, 5) is 11.7. The van der Waals surface area contributed by atoms with Gasteiger partial charge in [0.15, 0.2) is 0 Å². The minimum Gasteiger partial charge on any atom is -0.295 e. The lowest BCUT2D eigenvalue weighted by molar-refractivity contribution is 0.795. The molecule has 2 aromatic rings. The summed E-state index contributed by atoms with van der Waals surface area (Å²) in [6.07, 6.45) is 0. The van der Waals surface area contributed by atoms with Gasteiger partial charge in [0.2, 0.25) is 0 Å². The van der Waals surface area contributed by atoms with E-state index in [0.29, 0.717) is 0 Å². The summed E-state index contributed by atoms with van der Waals surface area (Å²) in [6.45, 7) is 2.02. The third-order valence-corrected chi connectivity index (χ3v) is 3.08. The summed E-state index contributed by atoms with van der Waals surface area (Å²) in [6, 6.07) is 6.01. The minimum absolute atomic E-state index is 0.00830. The fourth-order valence-electron chi connectivity index (χ4n) is 1.78. The number of aromatic nitrogens is 2. The van der Waals surface area contributed by atoms with E-state index in [1.807, 2.05) is 25.1 Å². The highest BCUT2D eigenvalue weighted by Gasteiger charge is 2.09. The molecule has 1 aromatic heterocycles. The molecular weight excluding hydrogens is 208 g/mol. The molecule has 1 unspecified atom stereocenters. The van der Waals surface area contributed by atoms with Crippen molar-refractivity contribution in [2.24, 2.45) is 14.1 Å². The highest BCUT2D eigenvalue weighted by atomic mass is 32.1. The first-order chi connectivity index (χ1) is 7.02. The molecule has 1 aromatic carbocycles. The predicted molar refractivity (Wildman–Crippen MR) is 65.6 cm³/mol. The topological polar surface area (TPSA) is 26.9 Å². The molecule has 1 heterocycles. The maximum absolute atomic E-state index is 11.7. The van der Waals surface area contributed by atoms with E-state index in [4.69, 9.17) is 0 Å². The first-order valence-corrected chi connectivity index (χ1v) is 5.37. The highest BCUT2D eigenvalue weighted by molar-refractivity contribution is 7.80. The summed E-state index contributed by atoms with van der Waals surface area (Å²) < 4.78 is 3.32. The molecule has 0 aliphatic carbocycles. The van der Waals surface area contributed by atoms with Crippen molar-refractivity contribution in [2.75, 3.05) is 0 Å². The van der Waals surface area contributed by atoms with E-state index in [2.05, 4.69) is 12.6 Å². The zero-order valence-corrected chi connectivity index (χ0v) is 9.95. The van der Waals surface area contributed by atoms with Gasteiger partial charge in [-0.05, 0) is 24.6 Å². The van der Waals surface area contributed by atoms with Crippen molar-refractivity contribution in [1.82, 2.24) is 9.13 Å². The average molecular weight is 222 g/mol. The van der Waals surface area contributed by atoms with E-state index in [0.717, 1.165) is 16.6 Å². The van der Waals surface area contributed by atoms with Crippen LogP contribution in [0.1, 0.15) is 17.7 Å². The number of benzene rings is 1. The van der Waals surface area contributed by atoms with Crippen molar-refractivity contribution in [2.45, 2.75) is 12.2 Å². The first kappa shape index (κ1) is 10.4. The molecule has 15 heavy (non-hydrogen) atoms. The monoisotopic (exact) mass is 222 g/mol. The Kier molecular flexibility index (Phi) is 2.38. The standard InChI is InChI=1S/C11H14N2OS/c1-7(15)8-4-5-9-10(6-8)13(3)11(14)12(9)2/h4-7,15H,1-3H3. The molecule has 3 nitrogen and oxygen atoms in total. The van der Waals surface area contributed by atoms with Gasteiger partial charge < -0.3 is 0 Å². The van der Waals surface area contributed by atoms with E-state index in [-0.39, 0.29) is 10.9 Å². The van der Waals surface area contributed by atoms with Gasteiger partial charge in [0.1, 0.15) is 0 Å². The highest BCUT2D eigenvalue weighted by Crippen LogP contribution is 2.22. The normalized spacial score (nSPS) is 13.3. The molecule has 0 saturated carbocycles. The molecule has 0 spiro atoms. The third-order valence-electron chi connectivity index (χ3n) is 2.78. The summed E-state index contributed by atoms with van der Waals surface area (Å²) in [7, 11) is 3.58. The van der Waals surface area contributed by atoms with Crippen LogP contribution < -0.4 is 5.69 Å². The van der Waals surface area contributed by atoms with Crippen molar-refractivity contribution >= 4 is 23.7 Å². The summed E-state index contributed by atoms with van der Waals surface area (Å²) >= 11 is 4.39. The molecule has 0 aliphatic heterocycles. The lowest BCUT2D eigenvalue weighted by atomic mass is 10.1. The van der Waals surface area contributed by atoms with Crippen molar-refractivity contribution in [1.29, 1.82) is 0 Å². The SMILES string of the molecule is CC(S)c1ccc2c(c1)n(C)c(=O)n2C. The third kappa shape index (κ3) is 1.49. The van der Waals surface area contributed by atoms with Crippen LogP contribution in [0.5, 0.6) is 0 Å². The van der Waals surface area contributed by atoms with Gasteiger partial charge in [0, 0.05) is 19.3 Å². The van der Waals surface area contributed by atoms with Gasteiger partial charge in [-0.25, -0.2) is 4.79 Å². The fraction of sp³-hybridized carbons (Fsp3) is 0.364. The molecule has 0 aliphatic rings. The van der Waals surface area contributed by atoms with E-state index in [1.165, 1.54) is 0 Å². The Labute approximate surface area is 93.7 Å². The number of thiol groups is 1. The smallest absolute Gasteiger partial charge is 0.295 e. The van der Waals surface area contributed by atoms with Gasteiger partial charge in [-0.15, -0.1) is 0 Å². The largest absolute Gasteiger partial charge is 0.328 e. The maximum atomic E-state index is 11.7. The summed E-state index contributed by atoms with van der Waals surface area (Å²) in [5.74, 6) is 0. The second kappa shape index (κ2) is 3.45. The van der Waals surface area contributed by atoms with E-state index < -0.39 is 0 Å². The second-order valence-electron chi connectivity index (χ2n) is 3.82. The lowest BCUT2D eigenvalue weighted by Crippen LogP contribution is -2.19. The number of aryl methyl sites for hydroxylation is 2. The zero-order chi connectivity index (χ0) is 11.2. The summed E-state index contributed by atoms with van der Waals surface area (Å²) in [5.41, 5.74) is 3.06. The van der Waals surface area contributed by atoms with Gasteiger partial charge in [-0.2, -0.15) is 12.6 Å². The number of imidazole rings is 1. The molecule has 4 heteroatoms. The van der Waals surface area contributed by atoms with E-state index in [9.17, 15) is 4.79 Å². The molecule has 0 bridgehead atoms. The first-order valence-electron chi connectivity index (χ1n) is 4.86. The second-order valence-corrected chi connectivity index (χ2v) is 4.60. The van der Waals surface area contributed by atoms with Gasteiger partial charge in [-0.3, -0.25) is 9.13 Å². The van der Waals surface area contributed by atoms with Crippen LogP contribution in [0.2, 0.25) is 0 Å². The molecule has 0 amide bonds. The Balaban J connectivity index is 2.83. The Bertz CT molecular complexity index is 566. The van der Waals surface area contributed by atoms with E-state index >= 15 is 0 Å². The maximum Gasteiger partial charge on any atom is 0.328 e. The molecule has 1 atom stereocenters. The van der Waals surface area contributed by atoms with Gasteiger partial charge >= 0.3 is 5.69 Å². The Hall–Kier alpha value is -1.16. The lowest BCUT2D eigenvalue weighted by Gasteiger charge is -2.04. The van der Waals surface area contributed by atoms with Crippen LogP contribution in [-0.2, 0) is 14.1 Å². The number of rotatable bonds is 1. The minimum atomic E-state index is 0.00830. The fourth-order valence-corrected chi connectivity index (χ4v) is 1.94. The Morgan fingerprint density at radius 1 is 1.20 bits per heavy atom. The summed E-state index contributed by atoms with van der Waals surface area (Å²) in [5, 5.41) is 0.185. The quantitative estimate of drug-likeness (QED) is 0.733. The van der Waals surface area contributed by atoms with Crippen LogP contribution in [0.4, 0.5) is 0 Å². The molecular formula is C11H14N2OS. The van der Waals surface area contributed by atoms with Crippen LogP contribution in [0, 0.1) is 0 Å². The number of fused-ring (bicyclic) bond motifs is 1. The van der Waals surface area contributed by atoms with Crippen LogP contribution in [-0.4, -0.2) is 9.13 Å². The molecule has 0 fully saturated rings. The van der Waals surface area contributed by atoms with Gasteiger partial charge in [-0.1, -0.05) is 6.07 Å². The van der Waals surface area contributed by atoms with Crippen molar-refractivity contribution in [3.05, 3.63) is 34.2 Å². The molecule has 0 N–H and O–H groups in total. The molecule has 0 radical (unpaired) electrons. The number of nitrogens with zero attached hydrogens (tertiary/aromatic N) is 2. The van der Waals surface area contributed by atoms with Crippen LogP contribution in [0.15, 0.2) is 23.0 Å². The van der Waals surface area contributed by atoms with Crippen molar-refractivity contribution in [3.8, 4) is 0 Å². The average Bonchev–Trinajstić information content (AvgIpc) is 2.44. The predicted octanol–water partition coefficient (Wildman–Crippen LogP) is 1.87. The van der Waals surface area contributed by atoms with Crippen molar-refractivity contribution < 1.29 is 0 Å². The van der Waals surface area contributed by atoms with E-state index in [1.54, 1.807) is 23.2 Å². The van der Waals surface area contributed by atoms with Gasteiger partial charge in [0.05, 0.1) is 11.0 Å². The van der Waals surface area contributed by atoms with Gasteiger partial charge in [0.25, 0.3) is 0 Å².